The van der Waals surface area contributed by atoms with Crippen LogP contribution < -0.4 is 9.47 Å². The molecule has 45 heavy (non-hydrogen) atoms. The number of hydrogen-bond acceptors (Lipinski definition) is 10. The van der Waals surface area contributed by atoms with Crippen molar-refractivity contribution in [3.63, 3.8) is 0 Å². The standard InChI is InChI=1S/C34H42O11/c1-15(29(39)40)9-12-33-28(38)18-13-19(32(6,7)45-33)34(33)22(27(18)42-8)24(37)21-23(36)16-10-11-30(2,3)43-25(16)17(26(21)44-34)14-20(35)31(4,5)41/h9-11,18-20,22,27,35-36,41H,12-14H2,1-8H3,(H,39,40)/b15-9-/t18-,19-,20?,22+,27-,33-,34-/m1/s1. The van der Waals surface area contributed by atoms with Crippen molar-refractivity contribution in [2.75, 3.05) is 7.11 Å². The van der Waals surface area contributed by atoms with E-state index in [1.807, 2.05) is 27.7 Å². The van der Waals surface area contributed by atoms with Crippen molar-refractivity contribution in [1.82, 2.24) is 0 Å². The molecule has 6 aliphatic rings. The maximum Gasteiger partial charge on any atom is 0.330 e. The second-order valence-electron chi connectivity index (χ2n) is 14.8. The van der Waals surface area contributed by atoms with Crippen LogP contribution in [-0.2, 0) is 25.5 Å². The van der Waals surface area contributed by atoms with Gasteiger partial charge in [-0.3, -0.25) is 9.59 Å². The van der Waals surface area contributed by atoms with Gasteiger partial charge in [0.2, 0.25) is 0 Å². The Kier molecular flexibility index (Phi) is 6.79. The molecule has 1 saturated heterocycles. The van der Waals surface area contributed by atoms with Crippen LogP contribution in [0, 0.1) is 17.8 Å². The number of methoxy groups -OCH3 is 1. The Morgan fingerprint density at radius 1 is 1.18 bits per heavy atom. The van der Waals surface area contributed by atoms with Crippen molar-refractivity contribution in [1.29, 1.82) is 0 Å². The maximum atomic E-state index is 14.9. The Labute approximate surface area is 261 Å². The second kappa shape index (κ2) is 9.63. The first kappa shape index (κ1) is 31.7. The maximum absolute atomic E-state index is 14.9. The largest absolute Gasteiger partial charge is 0.506 e. The number of carboxylic acids is 1. The van der Waals surface area contributed by atoms with Gasteiger partial charge >= 0.3 is 5.97 Å². The highest BCUT2D eigenvalue weighted by molar-refractivity contribution is 6.10. The van der Waals surface area contributed by atoms with Gasteiger partial charge in [0, 0.05) is 42.9 Å². The van der Waals surface area contributed by atoms with Gasteiger partial charge in [-0.2, -0.15) is 0 Å². The topological polar surface area (TPSA) is 169 Å². The zero-order chi connectivity index (χ0) is 33.2. The molecule has 0 aromatic heterocycles. The van der Waals surface area contributed by atoms with E-state index in [4.69, 9.17) is 18.9 Å². The SMILES string of the molecule is CO[C@@H]1[C@H]2C[C@@H]3C(C)(C)O[C@](C/C=C(/C)C(=O)O)(C2=O)[C@@]32Oc3c(CC(O)C(C)(C)O)c4c(c(O)c3C(=O)[C@@H]12)C=CC(C)(C)O4. The van der Waals surface area contributed by atoms with Gasteiger partial charge < -0.3 is 39.4 Å². The van der Waals surface area contributed by atoms with Gasteiger partial charge in [-0.15, -0.1) is 0 Å². The molecule has 4 bridgehead atoms. The zero-order valence-corrected chi connectivity index (χ0v) is 26.9. The smallest absolute Gasteiger partial charge is 0.330 e. The lowest BCUT2D eigenvalue weighted by Crippen LogP contribution is -2.80. The van der Waals surface area contributed by atoms with E-state index >= 15 is 0 Å². The number of carbonyl (C=O) groups excluding carboxylic acids is 2. The molecule has 7 rings (SSSR count). The van der Waals surface area contributed by atoms with Crippen LogP contribution in [0.1, 0.15) is 82.8 Å². The van der Waals surface area contributed by atoms with Gasteiger partial charge in [-0.05, 0) is 67.0 Å². The monoisotopic (exact) mass is 626 g/mol. The van der Waals surface area contributed by atoms with Crippen molar-refractivity contribution < 1.29 is 53.8 Å². The molecule has 3 heterocycles. The Morgan fingerprint density at radius 3 is 2.44 bits per heavy atom. The molecule has 3 saturated carbocycles. The van der Waals surface area contributed by atoms with E-state index in [0.29, 0.717) is 6.42 Å². The van der Waals surface area contributed by atoms with Crippen molar-refractivity contribution in [2.45, 2.75) is 108 Å². The first-order valence-corrected chi connectivity index (χ1v) is 15.3. The number of ketones is 2. The van der Waals surface area contributed by atoms with Gasteiger partial charge in [-0.1, -0.05) is 6.08 Å². The summed E-state index contributed by atoms with van der Waals surface area (Å²) in [5.41, 5.74) is -6.40. The third-order valence-electron chi connectivity index (χ3n) is 10.7. The lowest BCUT2D eigenvalue weighted by atomic mass is 9.45. The number of aliphatic carboxylic acids is 1. The fourth-order valence-electron chi connectivity index (χ4n) is 8.45. The summed E-state index contributed by atoms with van der Waals surface area (Å²) < 4.78 is 26.0. The number of aliphatic hydroxyl groups is 2. The number of aromatic hydroxyl groups is 1. The number of hydrogen-bond donors (Lipinski definition) is 4. The fourth-order valence-corrected chi connectivity index (χ4v) is 8.45. The molecule has 11 nitrogen and oxygen atoms in total. The summed E-state index contributed by atoms with van der Waals surface area (Å²) in [5.74, 6) is -4.56. The number of rotatable bonds is 7. The third-order valence-corrected chi connectivity index (χ3v) is 10.7. The van der Waals surface area contributed by atoms with E-state index in [-0.39, 0.29) is 58.1 Å². The van der Waals surface area contributed by atoms with E-state index in [2.05, 4.69) is 0 Å². The minimum absolute atomic E-state index is 0.00498. The number of ether oxygens (including phenoxy) is 4. The van der Waals surface area contributed by atoms with E-state index in [9.17, 15) is 34.8 Å². The van der Waals surface area contributed by atoms with E-state index < -0.39 is 69.7 Å². The van der Waals surface area contributed by atoms with Crippen LogP contribution in [0.4, 0.5) is 0 Å². The number of fused-ring (bicyclic) bond motifs is 2. The molecule has 1 aromatic carbocycles. The number of phenolic OH excluding ortho intramolecular Hbond substituents is 1. The van der Waals surface area contributed by atoms with Crippen LogP contribution in [0.15, 0.2) is 17.7 Å². The second-order valence-corrected chi connectivity index (χ2v) is 14.8. The van der Waals surface area contributed by atoms with Crippen LogP contribution in [-0.4, -0.2) is 85.3 Å². The molecular formula is C34H42O11. The first-order chi connectivity index (χ1) is 20.7. The number of benzene rings is 1. The Bertz CT molecular complexity index is 1580. The Hall–Kier alpha value is -3.25. The zero-order valence-electron chi connectivity index (χ0n) is 26.9. The number of carboxylic acid groups (broad SMARTS) is 1. The number of phenols is 1. The summed E-state index contributed by atoms with van der Waals surface area (Å²) in [6.45, 7) is 11.6. The average Bonchev–Trinajstić information content (AvgIpc) is 3.08. The predicted octanol–water partition coefficient (Wildman–Crippen LogP) is 3.38. The lowest BCUT2D eigenvalue weighted by molar-refractivity contribution is -0.224. The van der Waals surface area contributed by atoms with Gasteiger partial charge in [0.05, 0.1) is 34.9 Å². The van der Waals surface area contributed by atoms with Gasteiger partial charge in [-0.25, -0.2) is 4.79 Å². The van der Waals surface area contributed by atoms with Crippen LogP contribution in [0.2, 0.25) is 0 Å². The molecular weight excluding hydrogens is 584 g/mol. The summed E-state index contributed by atoms with van der Waals surface area (Å²) in [5, 5.41) is 43.2. The average molecular weight is 627 g/mol. The van der Waals surface area contributed by atoms with Crippen LogP contribution in [0.25, 0.3) is 6.08 Å². The Morgan fingerprint density at radius 2 is 1.84 bits per heavy atom. The molecule has 1 unspecified atom stereocenters. The summed E-state index contributed by atoms with van der Waals surface area (Å²) in [6, 6.07) is 0. The molecule has 1 spiro atoms. The predicted molar refractivity (Wildman–Crippen MR) is 160 cm³/mol. The third kappa shape index (κ3) is 4.13. The normalized spacial score (nSPS) is 34.4. The van der Waals surface area contributed by atoms with Crippen molar-refractivity contribution in [2.24, 2.45) is 17.8 Å². The van der Waals surface area contributed by atoms with Crippen molar-refractivity contribution in [3.05, 3.63) is 34.4 Å². The van der Waals surface area contributed by atoms with E-state index in [1.165, 1.54) is 34.0 Å². The summed E-state index contributed by atoms with van der Waals surface area (Å²) in [6.07, 6.45) is 2.53. The minimum atomic E-state index is -1.76. The number of aliphatic hydroxyl groups excluding tert-OH is 1. The molecule has 3 aliphatic carbocycles. The van der Waals surface area contributed by atoms with Gasteiger partial charge in [0.1, 0.15) is 28.4 Å². The van der Waals surface area contributed by atoms with E-state index in [0.717, 1.165) is 0 Å². The molecule has 0 amide bonds. The van der Waals surface area contributed by atoms with Gasteiger partial charge in [0.25, 0.3) is 0 Å². The molecule has 0 radical (unpaired) electrons. The first-order valence-electron chi connectivity index (χ1n) is 15.3. The summed E-state index contributed by atoms with van der Waals surface area (Å²) >= 11 is 0. The van der Waals surface area contributed by atoms with Crippen LogP contribution >= 0.6 is 0 Å². The summed E-state index contributed by atoms with van der Waals surface area (Å²) in [4.78, 5) is 41.3. The minimum Gasteiger partial charge on any atom is -0.506 e. The highest BCUT2D eigenvalue weighted by Crippen LogP contribution is 2.70. The molecule has 3 aliphatic heterocycles. The number of carbonyl (C=O) groups is 3. The summed E-state index contributed by atoms with van der Waals surface area (Å²) in [7, 11) is 1.43. The molecule has 7 atom stereocenters. The van der Waals surface area contributed by atoms with Crippen LogP contribution in [0.5, 0.6) is 17.2 Å². The van der Waals surface area contributed by atoms with Crippen LogP contribution in [0.3, 0.4) is 0 Å². The molecule has 11 heteroatoms. The molecule has 4 N–H and O–H groups in total. The molecule has 4 fully saturated rings. The van der Waals surface area contributed by atoms with Crippen molar-refractivity contribution >= 4 is 23.6 Å². The highest BCUT2D eigenvalue weighted by Gasteiger charge is 2.85. The molecule has 1 aromatic rings. The fraction of sp³-hybridized carbons (Fsp3) is 0.618. The van der Waals surface area contributed by atoms with Crippen molar-refractivity contribution in [3.8, 4) is 17.2 Å². The molecule has 244 valence electrons. The number of Topliss-reactive ketones (excluding diaryl/α,β-unsaturated/α-hetero) is 2. The highest BCUT2D eigenvalue weighted by atomic mass is 16.6. The Balaban J connectivity index is 1.67. The lowest BCUT2D eigenvalue weighted by Gasteiger charge is -2.62. The van der Waals surface area contributed by atoms with E-state index in [1.54, 1.807) is 12.2 Å². The quantitative estimate of drug-likeness (QED) is 0.327. The van der Waals surface area contributed by atoms with Gasteiger partial charge in [0.15, 0.2) is 22.8 Å².